The van der Waals surface area contributed by atoms with Crippen molar-refractivity contribution in [2.75, 3.05) is 12.3 Å². The molecule has 0 fully saturated rings. The van der Waals surface area contributed by atoms with Gasteiger partial charge in [0.25, 0.3) is 11.8 Å². The summed E-state index contributed by atoms with van der Waals surface area (Å²) in [6, 6.07) is 4.57. The van der Waals surface area contributed by atoms with E-state index in [0.29, 0.717) is 17.7 Å². The van der Waals surface area contributed by atoms with E-state index in [2.05, 4.69) is 0 Å². The summed E-state index contributed by atoms with van der Waals surface area (Å²) in [6.07, 6.45) is 0.932. The minimum atomic E-state index is -0.660. The highest BCUT2D eigenvalue weighted by atomic mass is 16.3. The van der Waals surface area contributed by atoms with Gasteiger partial charge in [-0.2, -0.15) is 0 Å². The number of amides is 3. The van der Waals surface area contributed by atoms with Crippen molar-refractivity contribution in [3.05, 3.63) is 29.3 Å². The molecule has 1 aliphatic heterocycles. The topological polar surface area (TPSA) is 101 Å². The molecule has 2 rings (SSSR count). The van der Waals surface area contributed by atoms with E-state index in [-0.39, 0.29) is 29.8 Å². The zero-order valence-corrected chi connectivity index (χ0v) is 10.3. The molecule has 19 heavy (non-hydrogen) atoms. The Kier molecular flexibility index (Phi) is 3.62. The highest BCUT2D eigenvalue weighted by Gasteiger charge is 2.40. The van der Waals surface area contributed by atoms with Crippen molar-refractivity contribution in [2.45, 2.75) is 19.3 Å². The van der Waals surface area contributed by atoms with Gasteiger partial charge in [-0.3, -0.25) is 14.4 Å². The number of imide groups is 3. The summed E-state index contributed by atoms with van der Waals surface area (Å²) in [5, 5.41) is 8.65. The van der Waals surface area contributed by atoms with Crippen LogP contribution in [-0.2, 0) is 4.79 Å². The van der Waals surface area contributed by atoms with Crippen molar-refractivity contribution < 1.29 is 19.5 Å². The van der Waals surface area contributed by atoms with Crippen molar-refractivity contribution in [2.24, 2.45) is 0 Å². The van der Waals surface area contributed by atoms with Crippen LogP contribution in [0.25, 0.3) is 0 Å². The van der Waals surface area contributed by atoms with Crippen LogP contribution in [0.4, 0.5) is 5.69 Å². The van der Waals surface area contributed by atoms with Crippen LogP contribution in [-0.4, -0.2) is 34.3 Å². The van der Waals surface area contributed by atoms with E-state index in [1.54, 1.807) is 6.07 Å². The van der Waals surface area contributed by atoms with Gasteiger partial charge in [0.1, 0.15) is 0 Å². The summed E-state index contributed by atoms with van der Waals surface area (Å²) in [7, 11) is 0. The van der Waals surface area contributed by atoms with Gasteiger partial charge in [0, 0.05) is 18.7 Å². The number of benzene rings is 1. The molecule has 1 heterocycles. The van der Waals surface area contributed by atoms with Gasteiger partial charge in [-0.25, -0.2) is 4.90 Å². The zero-order valence-electron chi connectivity index (χ0n) is 10.3. The zero-order chi connectivity index (χ0) is 14.0. The molecule has 0 aromatic heterocycles. The van der Waals surface area contributed by atoms with Crippen molar-refractivity contribution in [3.63, 3.8) is 0 Å². The number of aliphatic hydroxyl groups excluding tert-OH is 1. The van der Waals surface area contributed by atoms with Crippen LogP contribution in [0.1, 0.15) is 40.0 Å². The van der Waals surface area contributed by atoms with E-state index in [4.69, 9.17) is 10.8 Å². The lowest BCUT2D eigenvalue weighted by Gasteiger charge is -2.11. The third-order valence-electron chi connectivity index (χ3n) is 3.00. The van der Waals surface area contributed by atoms with E-state index in [1.165, 1.54) is 12.1 Å². The third kappa shape index (κ3) is 2.22. The summed E-state index contributed by atoms with van der Waals surface area (Å²) in [5.41, 5.74) is 6.13. The van der Waals surface area contributed by atoms with Gasteiger partial charge in [-0.05, 0) is 25.0 Å². The monoisotopic (exact) mass is 262 g/mol. The lowest BCUT2D eigenvalue weighted by Crippen LogP contribution is -2.36. The number of hydrogen-bond acceptors (Lipinski definition) is 5. The maximum absolute atomic E-state index is 12.1. The summed E-state index contributed by atoms with van der Waals surface area (Å²) in [4.78, 5) is 36.6. The second-order valence-electron chi connectivity index (χ2n) is 4.29. The summed E-state index contributed by atoms with van der Waals surface area (Å²) in [5.74, 6) is -1.84. The Labute approximate surface area is 109 Å². The smallest absolute Gasteiger partial charge is 0.270 e. The predicted octanol–water partition coefficient (Wildman–Crippen LogP) is 0.554. The Bertz CT molecular complexity index is 554. The Morgan fingerprint density at radius 2 is 1.95 bits per heavy atom. The first kappa shape index (κ1) is 13.2. The molecule has 3 amide bonds. The number of unbranched alkanes of at least 4 members (excludes halogenated alkanes) is 1. The van der Waals surface area contributed by atoms with E-state index in [1.807, 2.05) is 0 Å². The number of carbonyl (C=O) groups is 3. The summed E-state index contributed by atoms with van der Waals surface area (Å²) in [6.45, 7) is -0.0254. The molecule has 6 heteroatoms. The van der Waals surface area contributed by atoms with E-state index in [0.717, 1.165) is 0 Å². The lowest BCUT2D eigenvalue weighted by atomic mass is 10.1. The molecule has 100 valence electrons. The van der Waals surface area contributed by atoms with Gasteiger partial charge in [0.15, 0.2) is 0 Å². The van der Waals surface area contributed by atoms with Crippen molar-refractivity contribution in [3.8, 4) is 0 Å². The van der Waals surface area contributed by atoms with Crippen LogP contribution in [0.5, 0.6) is 0 Å². The van der Waals surface area contributed by atoms with Crippen molar-refractivity contribution in [1.82, 2.24) is 4.90 Å². The Morgan fingerprint density at radius 3 is 2.58 bits per heavy atom. The predicted molar refractivity (Wildman–Crippen MR) is 67.3 cm³/mol. The molecule has 1 aliphatic rings. The molecule has 1 aromatic carbocycles. The quantitative estimate of drug-likeness (QED) is 0.469. The number of carbonyl (C=O) groups excluding carboxylic acids is 3. The molecule has 0 unspecified atom stereocenters. The molecule has 0 aliphatic carbocycles. The first-order valence-electron chi connectivity index (χ1n) is 5.99. The average Bonchev–Trinajstić information content (AvgIpc) is 2.63. The number of aliphatic hydroxyl groups is 1. The van der Waals surface area contributed by atoms with Crippen molar-refractivity contribution >= 4 is 23.4 Å². The second-order valence-corrected chi connectivity index (χ2v) is 4.29. The summed E-state index contributed by atoms with van der Waals surface area (Å²) < 4.78 is 0. The highest BCUT2D eigenvalue weighted by Crippen LogP contribution is 2.28. The minimum absolute atomic E-state index is 0.0254. The highest BCUT2D eigenvalue weighted by molar-refractivity contribution is 6.30. The molecular formula is C13H14N2O4. The molecule has 0 saturated carbocycles. The molecule has 0 saturated heterocycles. The molecule has 1 aromatic rings. The maximum Gasteiger partial charge on any atom is 0.270 e. The number of fused-ring (bicyclic) bond motifs is 1. The second kappa shape index (κ2) is 5.19. The van der Waals surface area contributed by atoms with Gasteiger partial charge in [0.05, 0.1) is 11.1 Å². The number of anilines is 1. The normalized spacial score (nSPS) is 13.8. The van der Waals surface area contributed by atoms with Crippen LogP contribution in [0.15, 0.2) is 18.2 Å². The largest absolute Gasteiger partial charge is 0.398 e. The number of hydrogen-bond donors (Lipinski definition) is 2. The molecular weight excluding hydrogens is 248 g/mol. The fourth-order valence-electron chi connectivity index (χ4n) is 2.04. The van der Waals surface area contributed by atoms with Crippen LogP contribution in [0.2, 0.25) is 0 Å². The lowest BCUT2D eigenvalue weighted by molar-refractivity contribution is -0.126. The van der Waals surface area contributed by atoms with E-state index >= 15 is 0 Å². The minimum Gasteiger partial charge on any atom is -0.398 e. The van der Waals surface area contributed by atoms with Crippen LogP contribution < -0.4 is 5.73 Å². The fourth-order valence-corrected chi connectivity index (χ4v) is 2.04. The van der Waals surface area contributed by atoms with Crippen LogP contribution in [0.3, 0.4) is 0 Å². The van der Waals surface area contributed by atoms with Gasteiger partial charge in [-0.1, -0.05) is 6.07 Å². The van der Waals surface area contributed by atoms with E-state index < -0.39 is 17.7 Å². The van der Waals surface area contributed by atoms with Gasteiger partial charge < -0.3 is 10.8 Å². The van der Waals surface area contributed by atoms with Gasteiger partial charge in [-0.15, -0.1) is 0 Å². The fraction of sp³-hybridized carbons (Fsp3) is 0.308. The Morgan fingerprint density at radius 1 is 1.21 bits per heavy atom. The first-order valence-corrected chi connectivity index (χ1v) is 5.99. The standard InChI is InChI=1S/C13H14N2O4/c14-9-5-3-4-8-11(9)13(19)15(12(8)18)10(17)6-1-2-7-16/h3-5,16H,1-2,6-7,14H2. The number of rotatable bonds is 4. The SMILES string of the molecule is Nc1cccc2c1C(=O)N(C(=O)CCCCO)C2=O. The maximum atomic E-state index is 12.1. The average molecular weight is 262 g/mol. The molecule has 0 atom stereocenters. The Hall–Kier alpha value is -2.21. The molecule has 0 bridgehead atoms. The summed E-state index contributed by atoms with van der Waals surface area (Å²) >= 11 is 0. The molecule has 6 nitrogen and oxygen atoms in total. The van der Waals surface area contributed by atoms with Crippen LogP contribution in [0, 0.1) is 0 Å². The number of nitrogens with zero attached hydrogens (tertiary/aromatic N) is 1. The van der Waals surface area contributed by atoms with Gasteiger partial charge >= 0.3 is 0 Å². The van der Waals surface area contributed by atoms with Crippen LogP contribution >= 0.6 is 0 Å². The number of nitrogen functional groups attached to an aromatic ring is 1. The molecule has 0 radical (unpaired) electrons. The van der Waals surface area contributed by atoms with Crippen molar-refractivity contribution in [1.29, 1.82) is 0 Å². The third-order valence-corrected chi connectivity index (χ3v) is 3.00. The van der Waals surface area contributed by atoms with E-state index in [9.17, 15) is 14.4 Å². The Balaban J connectivity index is 2.23. The molecule has 3 N–H and O–H groups in total. The number of nitrogens with two attached hydrogens (primary N) is 1. The van der Waals surface area contributed by atoms with Gasteiger partial charge in [0.2, 0.25) is 5.91 Å². The first-order chi connectivity index (χ1) is 9.07. The molecule has 0 spiro atoms.